The van der Waals surface area contributed by atoms with Crippen LogP contribution >= 0.6 is 0 Å². The summed E-state index contributed by atoms with van der Waals surface area (Å²) in [7, 11) is 2.81. The third-order valence-corrected chi connectivity index (χ3v) is 4.53. The largest absolute Gasteiger partial charge is 0.497 e. The van der Waals surface area contributed by atoms with Crippen LogP contribution in [0.1, 0.15) is 41.7 Å². The molecule has 2 atom stereocenters. The van der Waals surface area contributed by atoms with Crippen molar-refractivity contribution in [3.63, 3.8) is 0 Å². The van der Waals surface area contributed by atoms with Crippen LogP contribution in [0.25, 0.3) is 0 Å². The van der Waals surface area contributed by atoms with Gasteiger partial charge in [-0.1, -0.05) is 30.3 Å². The maximum Gasteiger partial charge on any atom is 0.305 e. The number of carbonyl (C=O) groups is 3. The van der Waals surface area contributed by atoms with Gasteiger partial charge in [0, 0.05) is 12.0 Å². The molecule has 28 heavy (non-hydrogen) atoms. The molecular formula is C22H25NO5. The highest BCUT2D eigenvalue weighted by Crippen LogP contribution is 2.20. The molecule has 6 heteroatoms. The van der Waals surface area contributed by atoms with Crippen molar-refractivity contribution < 1.29 is 23.9 Å². The van der Waals surface area contributed by atoms with Gasteiger partial charge in [-0.2, -0.15) is 0 Å². The van der Waals surface area contributed by atoms with Crippen molar-refractivity contribution in [1.29, 1.82) is 0 Å². The number of amides is 1. The fraction of sp³-hybridized carbons (Fsp3) is 0.318. The van der Waals surface area contributed by atoms with Crippen molar-refractivity contribution in [3.8, 4) is 5.75 Å². The van der Waals surface area contributed by atoms with E-state index in [1.54, 1.807) is 24.3 Å². The van der Waals surface area contributed by atoms with E-state index >= 15 is 0 Å². The minimum atomic E-state index is -0.987. The van der Waals surface area contributed by atoms with Gasteiger partial charge in [0.25, 0.3) is 0 Å². The molecule has 2 aromatic rings. The van der Waals surface area contributed by atoms with Crippen LogP contribution in [0.2, 0.25) is 0 Å². The first-order valence-electron chi connectivity index (χ1n) is 9.06. The molecule has 2 rings (SSSR count). The molecule has 0 aliphatic rings. The summed E-state index contributed by atoms with van der Waals surface area (Å²) in [5, 5.41) is 2.87. The van der Waals surface area contributed by atoms with E-state index in [0.717, 1.165) is 5.56 Å². The maximum absolute atomic E-state index is 13.0. The van der Waals surface area contributed by atoms with E-state index in [1.165, 1.54) is 14.2 Å². The highest BCUT2D eigenvalue weighted by atomic mass is 16.5. The van der Waals surface area contributed by atoms with Crippen LogP contribution in [0.4, 0.5) is 0 Å². The minimum Gasteiger partial charge on any atom is -0.497 e. The fourth-order valence-corrected chi connectivity index (χ4v) is 2.84. The van der Waals surface area contributed by atoms with Gasteiger partial charge in [-0.15, -0.1) is 0 Å². The normalized spacial score (nSPS) is 12.5. The Kier molecular flexibility index (Phi) is 7.75. The van der Waals surface area contributed by atoms with Gasteiger partial charge in [0.1, 0.15) is 11.7 Å². The lowest BCUT2D eigenvalue weighted by atomic mass is 9.91. The van der Waals surface area contributed by atoms with Gasteiger partial charge in [0.15, 0.2) is 5.78 Å². The number of benzene rings is 2. The number of rotatable bonds is 9. The first-order valence-corrected chi connectivity index (χ1v) is 9.06. The summed E-state index contributed by atoms with van der Waals surface area (Å²) in [4.78, 5) is 37.4. The number of hydrogen-bond acceptors (Lipinski definition) is 5. The number of ether oxygens (including phenoxy) is 2. The Morgan fingerprint density at radius 1 is 0.964 bits per heavy atom. The van der Waals surface area contributed by atoms with Gasteiger partial charge in [0.05, 0.1) is 20.3 Å². The van der Waals surface area contributed by atoms with E-state index in [0.29, 0.717) is 11.3 Å². The number of methoxy groups -OCH3 is 2. The van der Waals surface area contributed by atoms with Crippen LogP contribution in [-0.2, 0) is 14.3 Å². The van der Waals surface area contributed by atoms with Gasteiger partial charge < -0.3 is 14.8 Å². The standard InChI is InChI=1S/C22H25NO5/c1-15(16-7-5-4-6-8-16)23-22(26)19(13-14-20(24)28-3)21(25)17-9-11-18(27-2)12-10-17/h4-12,15,19H,13-14H2,1-3H3,(H,23,26)/t15-,19-/m1/s1. The topological polar surface area (TPSA) is 81.7 Å². The van der Waals surface area contributed by atoms with E-state index in [-0.39, 0.29) is 24.7 Å². The highest BCUT2D eigenvalue weighted by Gasteiger charge is 2.29. The first kappa shape index (κ1) is 21.2. The Bertz CT molecular complexity index is 801. The molecule has 0 heterocycles. The van der Waals surface area contributed by atoms with Gasteiger partial charge in [0.2, 0.25) is 5.91 Å². The smallest absolute Gasteiger partial charge is 0.305 e. The zero-order chi connectivity index (χ0) is 20.5. The molecule has 0 aliphatic heterocycles. The Labute approximate surface area is 164 Å². The van der Waals surface area contributed by atoms with Gasteiger partial charge in [-0.05, 0) is 43.2 Å². The number of ketones is 1. The van der Waals surface area contributed by atoms with Gasteiger partial charge in [-0.25, -0.2) is 0 Å². The molecule has 0 saturated carbocycles. The van der Waals surface area contributed by atoms with Crippen LogP contribution in [0.3, 0.4) is 0 Å². The van der Waals surface area contributed by atoms with Crippen LogP contribution < -0.4 is 10.1 Å². The van der Waals surface area contributed by atoms with E-state index in [1.807, 2.05) is 37.3 Å². The molecule has 0 saturated heterocycles. The molecule has 148 valence electrons. The molecule has 1 amide bonds. The quantitative estimate of drug-likeness (QED) is 0.408. The van der Waals surface area contributed by atoms with Crippen molar-refractivity contribution >= 4 is 17.7 Å². The molecule has 0 bridgehead atoms. The molecule has 0 fully saturated rings. The van der Waals surface area contributed by atoms with Crippen molar-refractivity contribution in [2.75, 3.05) is 14.2 Å². The number of carbonyl (C=O) groups excluding carboxylic acids is 3. The van der Waals surface area contributed by atoms with Gasteiger partial charge in [-0.3, -0.25) is 14.4 Å². The Morgan fingerprint density at radius 2 is 1.61 bits per heavy atom. The summed E-state index contributed by atoms with van der Waals surface area (Å²) >= 11 is 0. The average Bonchev–Trinajstić information content (AvgIpc) is 2.74. The van der Waals surface area contributed by atoms with Crippen LogP contribution in [-0.4, -0.2) is 31.9 Å². The maximum atomic E-state index is 13.0. The monoisotopic (exact) mass is 383 g/mol. The summed E-state index contributed by atoms with van der Waals surface area (Å²) in [6.45, 7) is 1.85. The van der Waals surface area contributed by atoms with Crippen molar-refractivity contribution in [1.82, 2.24) is 5.32 Å². The fourth-order valence-electron chi connectivity index (χ4n) is 2.84. The molecule has 0 aliphatic carbocycles. The average molecular weight is 383 g/mol. The second-order valence-corrected chi connectivity index (χ2v) is 6.40. The molecule has 0 aromatic heterocycles. The number of hydrogen-bond donors (Lipinski definition) is 1. The lowest BCUT2D eigenvalue weighted by molar-refractivity contribution is -0.141. The van der Waals surface area contributed by atoms with Gasteiger partial charge >= 0.3 is 5.97 Å². The van der Waals surface area contributed by atoms with Crippen LogP contribution in [0.5, 0.6) is 5.75 Å². The molecule has 6 nitrogen and oxygen atoms in total. The molecule has 0 spiro atoms. The van der Waals surface area contributed by atoms with Crippen molar-refractivity contribution in [2.45, 2.75) is 25.8 Å². The van der Waals surface area contributed by atoms with E-state index in [4.69, 9.17) is 4.74 Å². The van der Waals surface area contributed by atoms with E-state index in [9.17, 15) is 14.4 Å². The zero-order valence-electron chi connectivity index (χ0n) is 16.3. The Morgan fingerprint density at radius 3 is 2.18 bits per heavy atom. The Balaban J connectivity index is 2.17. The van der Waals surface area contributed by atoms with Crippen molar-refractivity contribution in [3.05, 3.63) is 65.7 Å². The highest BCUT2D eigenvalue weighted by molar-refractivity contribution is 6.10. The summed E-state index contributed by atoms with van der Waals surface area (Å²) in [6.07, 6.45) is 0.0566. The molecular weight excluding hydrogens is 358 g/mol. The summed E-state index contributed by atoms with van der Waals surface area (Å²) in [6, 6.07) is 15.7. The molecule has 1 N–H and O–H groups in total. The first-order chi connectivity index (χ1) is 13.5. The second-order valence-electron chi connectivity index (χ2n) is 6.40. The predicted octanol–water partition coefficient (Wildman–Crippen LogP) is 3.32. The minimum absolute atomic E-state index is 0.0177. The number of nitrogens with one attached hydrogen (secondary N) is 1. The second kappa shape index (κ2) is 10.3. The zero-order valence-corrected chi connectivity index (χ0v) is 16.3. The summed E-state index contributed by atoms with van der Waals surface area (Å²) in [5.74, 6) is -1.59. The summed E-state index contributed by atoms with van der Waals surface area (Å²) in [5.41, 5.74) is 1.32. The number of esters is 1. The van der Waals surface area contributed by atoms with Crippen LogP contribution in [0, 0.1) is 5.92 Å². The Hall–Kier alpha value is -3.15. The molecule has 0 radical (unpaired) electrons. The lowest BCUT2D eigenvalue weighted by Gasteiger charge is -2.20. The molecule has 2 aromatic carbocycles. The third-order valence-electron chi connectivity index (χ3n) is 4.53. The number of Topliss-reactive ketones (excluding diaryl/α,β-unsaturated/α-hetero) is 1. The SMILES string of the molecule is COC(=O)CC[C@@H](C(=O)N[C@H](C)c1ccccc1)C(=O)c1ccc(OC)cc1. The lowest BCUT2D eigenvalue weighted by Crippen LogP contribution is -2.37. The third kappa shape index (κ3) is 5.67. The predicted molar refractivity (Wildman–Crippen MR) is 105 cm³/mol. The van der Waals surface area contributed by atoms with Crippen LogP contribution in [0.15, 0.2) is 54.6 Å². The van der Waals surface area contributed by atoms with E-state index in [2.05, 4.69) is 10.1 Å². The van der Waals surface area contributed by atoms with E-state index < -0.39 is 17.8 Å². The summed E-state index contributed by atoms with van der Waals surface area (Å²) < 4.78 is 9.75. The van der Waals surface area contributed by atoms with Crippen molar-refractivity contribution in [2.24, 2.45) is 5.92 Å². The molecule has 0 unspecified atom stereocenters.